The summed E-state index contributed by atoms with van der Waals surface area (Å²) in [6.07, 6.45) is 0. The molecule has 3 heteroatoms. The summed E-state index contributed by atoms with van der Waals surface area (Å²) in [7, 11) is 0. The van der Waals surface area contributed by atoms with Crippen LogP contribution in [0.15, 0.2) is 66.7 Å². The zero-order valence-electron chi connectivity index (χ0n) is 12.5. The van der Waals surface area contributed by atoms with Gasteiger partial charge in [-0.05, 0) is 39.9 Å². The van der Waals surface area contributed by atoms with Crippen molar-refractivity contribution in [2.24, 2.45) is 0 Å². The highest BCUT2D eigenvalue weighted by Crippen LogP contribution is 2.36. The maximum absolute atomic E-state index is 12.4. The largest absolute Gasteiger partial charge is 0.399 e. The van der Waals surface area contributed by atoms with Gasteiger partial charge >= 0.3 is 0 Å². The Morgan fingerprint density at radius 2 is 1.57 bits per heavy atom. The molecule has 1 heterocycles. The van der Waals surface area contributed by atoms with Crippen molar-refractivity contribution in [2.75, 3.05) is 5.73 Å². The summed E-state index contributed by atoms with van der Waals surface area (Å²) in [5.74, 6) is -0.00962. The molecule has 0 radical (unpaired) electrons. The molecule has 1 aliphatic heterocycles. The van der Waals surface area contributed by atoms with E-state index < -0.39 is 0 Å². The molecule has 3 aromatic rings. The second kappa shape index (κ2) is 5.29. The predicted octanol–water partition coefficient (Wildman–Crippen LogP) is 3.85. The number of amides is 1. The van der Waals surface area contributed by atoms with Gasteiger partial charge in [-0.15, -0.1) is 0 Å². The van der Waals surface area contributed by atoms with Gasteiger partial charge in [0.1, 0.15) is 0 Å². The highest BCUT2D eigenvalue weighted by atomic mass is 16.1. The van der Waals surface area contributed by atoms with Crippen LogP contribution in [0.1, 0.15) is 15.9 Å². The summed E-state index contributed by atoms with van der Waals surface area (Å²) in [5, 5.41) is 2.95. The van der Waals surface area contributed by atoms with Gasteiger partial charge in [-0.1, -0.05) is 54.6 Å². The summed E-state index contributed by atoms with van der Waals surface area (Å²) in [6, 6.07) is 21.9. The Morgan fingerprint density at radius 3 is 2.35 bits per heavy atom. The molecule has 0 bridgehead atoms. The van der Waals surface area contributed by atoms with Crippen molar-refractivity contribution in [3.63, 3.8) is 0 Å². The van der Waals surface area contributed by atoms with Crippen LogP contribution in [0.25, 0.3) is 22.3 Å². The second-order valence-electron chi connectivity index (χ2n) is 5.69. The lowest BCUT2D eigenvalue weighted by atomic mass is 9.90. The molecular weight excluding hydrogens is 284 g/mol. The van der Waals surface area contributed by atoms with Gasteiger partial charge in [0.15, 0.2) is 0 Å². The molecular formula is C20H16N2O. The maximum Gasteiger partial charge on any atom is 0.252 e. The predicted molar refractivity (Wildman–Crippen MR) is 92.9 cm³/mol. The Bertz CT molecular complexity index is 901. The fourth-order valence-electron chi connectivity index (χ4n) is 3.18. The molecule has 0 atom stereocenters. The Balaban J connectivity index is 1.94. The van der Waals surface area contributed by atoms with Gasteiger partial charge in [0, 0.05) is 12.2 Å². The van der Waals surface area contributed by atoms with Crippen LogP contribution < -0.4 is 11.1 Å². The topological polar surface area (TPSA) is 55.1 Å². The molecule has 1 amide bonds. The Hall–Kier alpha value is -3.07. The van der Waals surface area contributed by atoms with Crippen molar-refractivity contribution in [1.82, 2.24) is 5.32 Å². The highest BCUT2D eigenvalue weighted by Gasteiger charge is 2.26. The van der Waals surface area contributed by atoms with Gasteiger partial charge in [-0.25, -0.2) is 0 Å². The first-order chi connectivity index (χ1) is 11.2. The molecule has 3 aromatic carbocycles. The van der Waals surface area contributed by atoms with Crippen molar-refractivity contribution in [3.05, 3.63) is 77.9 Å². The third-order valence-electron chi connectivity index (χ3n) is 4.25. The maximum atomic E-state index is 12.4. The first kappa shape index (κ1) is 13.6. The lowest BCUT2D eigenvalue weighted by Crippen LogP contribution is -2.13. The first-order valence-electron chi connectivity index (χ1n) is 7.59. The van der Waals surface area contributed by atoms with E-state index in [2.05, 4.69) is 11.4 Å². The third kappa shape index (κ3) is 2.27. The fourth-order valence-corrected chi connectivity index (χ4v) is 3.18. The number of benzene rings is 3. The zero-order valence-corrected chi connectivity index (χ0v) is 12.5. The van der Waals surface area contributed by atoms with Crippen LogP contribution in [0.4, 0.5) is 5.69 Å². The van der Waals surface area contributed by atoms with E-state index >= 15 is 0 Å². The highest BCUT2D eigenvalue weighted by molar-refractivity contribution is 6.06. The van der Waals surface area contributed by atoms with E-state index in [9.17, 15) is 4.79 Å². The Morgan fingerprint density at radius 1 is 0.826 bits per heavy atom. The molecule has 0 saturated heterocycles. The van der Waals surface area contributed by atoms with Crippen LogP contribution in [0, 0.1) is 0 Å². The van der Waals surface area contributed by atoms with Crippen LogP contribution in [-0.4, -0.2) is 5.91 Å². The summed E-state index contributed by atoms with van der Waals surface area (Å²) in [5.41, 5.74) is 12.6. The number of hydrogen-bond donors (Lipinski definition) is 2. The monoisotopic (exact) mass is 300 g/mol. The molecule has 23 heavy (non-hydrogen) atoms. The van der Waals surface area contributed by atoms with Crippen LogP contribution in [0.5, 0.6) is 0 Å². The number of rotatable bonds is 2. The first-order valence-corrected chi connectivity index (χ1v) is 7.59. The van der Waals surface area contributed by atoms with Gasteiger partial charge in [0.05, 0.1) is 5.56 Å². The minimum absolute atomic E-state index is 0.00962. The molecule has 0 unspecified atom stereocenters. The van der Waals surface area contributed by atoms with E-state index in [4.69, 9.17) is 5.73 Å². The Labute approximate surface area is 134 Å². The number of nitrogens with two attached hydrogens (primary N) is 1. The minimum atomic E-state index is -0.00962. The summed E-state index contributed by atoms with van der Waals surface area (Å²) in [4.78, 5) is 12.4. The quantitative estimate of drug-likeness (QED) is 0.706. The molecule has 3 nitrogen and oxygen atoms in total. The van der Waals surface area contributed by atoms with Crippen LogP contribution in [-0.2, 0) is 6.54 Å². The van der Waals surface area contributed by atoms with Gasteiger partial charge < -0.3 is 11.1 Å². The zero-order chi connectivity index (χ0) is 15.8. The molecule has 112 valence electrons. The number of anilines is 1. The smallest absolute Gasteiger partial charge is 0.252 e. The number of fused-ring (bicyclic) bond motifs is 1. The van der Waals surface area contributed by atoms with E-state index in [0.29, 0.717) is 6.54 Å². The van der Waals surface area contributed by atoms with E-state index in [0.717, 1.165) is 39.1 Å². The molecule has 0 aromatic heterocycles. The summed E-state index contributed by atoms with van der Waals surface area (Å²) in [6.45, 7) is 0.555. The van der Waals surface area contributed by atoms with E-state index in [-0.39, 0.29) is 5.91 Å². The van der Waals surface area contributed by atoms with Crippen molar-refractivity contribution in [1.29, 1.82) is 0 Å². The molecule has 4 rings (SSSR count). The average molecular weight is 300 g/mol. The number of nitrogens with one attached hydrogen (secondary N) is 1. The second-order valence-corrected chi connectivity index (χ2v) is 5.69. The van der Waals surface area contributed by atoms with Crippen molar-refractivity contribution >= 4 is 11.6 Å². The van der Waals surface area contributed by atoms with Crippen molar-refractivity contribution < 1.29 is 4.79 Å². The van der Waals surface area contributed by atoms with Crippen LogP contribution >= 0.6 is 0 Å². The van der Waals surface area contributed by atoms with Crippen molar-refractivity contribution in [3.8, 4) is 22.3 Å². The molecule has 0 fully saturated rings. The average Bonchev–Trinajstić information content (AvgIpc) is 2.97. The van der Waals surface area contributed by atoms with E-state index in [1.807, 2.05) is 60.7 Å². The van der Waals surface area contributed by atoms with Crippen molar-refractivity contribution in [2.45, 2.75) is 6.54 Å². The van der Waals surface area contributed by atoms with Gasteiger partial charge in [-0.2, -0.15) is 0 Å². The Kier molecular flexibility index (Phi) is 3.12. The number of hydrogen-bond acceptors (Lipinski definition) is 2. The number of carbonyl (C=O) groups is 1. The third-order valence-corrected chi connectivity index (χ3v) is 4.25. The molecule has 0 aliphatic carbocycles. The SMILES string of the molecule is Nc1cccc(-c2ccc(-c3ccccc3)c3c2CNC3=O)c1. The van der Waals surface area contributed by atoms with Gasteiger partial charge in [-0.3, -0.25) is 4.79 Å². The van der Waals surface area contributed by atoms with Crippen LogP contribution in [0.2, 0.25) is 0 Å². The minimum Gasteiger partial charge on any atom is -0.399 e. The molecule has 0 spiro atoms. The number of nitrogen functional groups attached to an aromatic ring is 1. The lowest BCUT2D eigenvalue weighted by molar-refractivity contribution is 0.0966. The van der Waals surface area contributed by atoms with Crippen LogP contribution in [0.3, 0.4) is 0 Å². The summed E-state index contributed by atoms with van der Waals surface area (Å²) >= 11 is 0. The van der Waals surface area contributed by atoms with Gasteiger partial charge in [0.25, 0.3) is 5.91 Å². The standard InChI is InChI=1S/C20H16N2O/c21-15-8-4-7-14(11-15)16-9-10-17(13-5-2-1-3-6-13)19-18(16)12-22-20(19)23/h1-11H,12,21H2,(H,22,23). The fraction of sp³-hybridized carbons (Fsp3) is 0.0500. The lowest BCUT2D eigenvalue weighted by Gasteiger charge is -2.12. The molecule has 1 aliphatic rings. The molecule has 3 N–H and O–H groups in total. The summed E-state index contributed by atoms with van der Waals surface area (Å²) < 4.78 is 0. The normalized spacial score (nSPS) is 12.8. The molecule has 0 saturated carbocycles. The van der Waals surface area contributed by atoms with E-state index in [1.54, 1.807) is 0 Å². The van der Waals surface area contributed by atoms with Gasteiger partial charge in [0.2, 0.25) is 0 Å². The van der Waals surface area contributed by atoms with E-state index in [1.165, 1.54) is 0 Å². The number of carbonyl (C=O) groups excluding carboxylic acids is 1.